The second-order valence-electron chi connectivity index (χ2n) is 4.72. The fourth-order valence-corrected chi connectivity index (χ4v) is 1.69. The summed E-state index contributed by atoms with van der Waals surface area (Å²) in [6.45, 7) is 4.72. The van der Waals surface area contributed by atoms with Gasteiger partial charge in [0.05, 0.1) is 7.11 Å². The number of carbonyl (C=O) groups is 1. The third-order valence-electron chi connectivity index (χ3n) is 3.08. The molecule has 0 aromatic heterocycles. The molecule has 0 fully saturated rings. The Labute approximate surface area is 120 Å². The molecule has 0 heterocycles. The predicted octanol–water partition coefficient (Wildman–Crippen LogP) is 2.37. The highest BCUT2D eigenvalue weighted by atomic mass is 16.5. The number of unbranched alkanes of at least 4 members (excludes halogenated alkanes) is 1. The van der Waals surface area contributed by atoms with Gasteiger partial charge in [-0.05, 0) is 49.9 Å². The molecular formula is C15H23N3O2. The van der Waals surface area contributed by atoms with Gasteiger partial charge in [-0.1, -0.05) is 6.07 Å². The maximum absolute atomic E-state index is 10.9. The second kappa shape index (κ2) is 8.19. The van der Waals surface area contributed by atoms with Crippen LogP contribution in [0.5, 0.6) is 0 Å². The minimum Gasteiger partial charge on any atom is -0.469 e. The van der Waals surface area contributed by atoms with Crippen LogP contribution >= 0.6 is 0 Å². The first-order valence-corrected chi connectivity index (χ1v) is 6.74. The average molecular weight is 277 g/mol. The number of hydrogen-bond acceptors (Lipinski definition) is 3. The number of anilines is 1. The zero-order valence-corrected chi connectivity index (χ0v) is 12.4. The topological polar surface area (TPSA) is 76.7 Å². The molecule has 1 aromatic rings. The summed E-state index contributed by atoms with van der Waals surface area (Å²) >= 11 is 0. The standard InChI is InChI=1S/C15H23N3O2/c1-11-7-8-13(10-12(11)2)18-15(16)17-9-5-4-6-14(19)20-3/h7-8,10H,4-6,9H2,1-3H3,(H3,16,17,18). The quantitative estimate of drug-likeness (QED) is 0.362. The van der Waals surface area contributed by atoms with E-state index in [4.69, 9.17) is 5.73 Å². The number of carbonyl (C=O) groups excluding carboxylic acids is 1. The highest BCUT2D eigenvalue weighted by Gasteiger charge is 2.00. The Bertz CT molecular complexity index is 484. The fraction of sp³-hybridized carbons (Fsp3) is 0.467. The van der Waals surface area contributed by atoms with Gasteiger partial charge in [0.2, 0.25) is 0 Å². The molecule has 5 heteroatoms. The van der Waals surface area contributed by atoms with Crippen LogP contribution in [0.4, 0.5) is 5.69 Å². The first-order chi connectivity index (χ1) is 9.52. The van der Waals surface area contributed by atoms with E-state index in [1.807, 2.05) is 18.2 Å². The first kappa shape index (κ1) is 16.0. The van der Waals surface area contributed by atoms with Crippen molar-refractivity contribution >= 4 is 17.6 Å². The van der Waals surface area contributed by atoms with Gasteiger partial charge in [0.1, 0.15) is 0 Å². The number of esters is 1. The number of guanidine groups is 1. The van der Waals surface area contributed by atoms with Gasteiger partial charge in [-0.15, -0.1) is 0 Å². The molecule has 0 unspecified atom stereocenters. The minimum absolute atomic E-state index is 0.185. The Balaban J connectivity index is 2.34. The molecule has 1 rings (SSSR count). The number of ether oxygens (including phenoxy) is 1. The molecule has 110 valence electrons. The number of nitrogens with one attached hydrogen (secondary N) is 1. The van der Waals surface area contributed by atoms with Crippen LogP contribution in [0.3, 0.4) is 0 Å². The molecule has 0 atom stereocenters. The number of benzene rings is 1. The first-order valence-electron chi connectivity index (χ1n) is 6.74. The molecule has 0 saturated heterocycles. The van der Waals surface area contributed by atoms with E-state index in [1.165, 1.54) is 18.2 Å². The van der Waals surface area contributed by atoms with Gasteiger partial charge in [0, 0.05) is 18.7 Å². The van der Waals surface area contributed by atoms with Crippen LogP contribution in [-0.4, -0.2) is 25.6 Å². The van der Waals surface area contributed by atoms with Crippen molar-refractivity contribution < 1.29 is 9.53 Å². The lowest BCUT2D eigenvalue weighted by Crippen LogP contribution is -2.22. The van der Waals surface area contributed by atoms with E-state index in [2.05, 4.69) is 28.9 Å². The Morgan fingerprint density at radius 2 is 2.05 bits per heavy atom. The van der Waals surface area contributed by atoms with Crippen molar-refractivity contribution in [3.05, 3.63) is 29.3 Å². The zero-order chi connectivity index (χ0) is 15.0. The summed E-state index contributed by atoms with van der Waals surface area (Å²) in [5.41, 5.74) is 9.20. The van der Waals surface area contributed by atoms with Gasteiger partial charge in [-0.3, -0.25) is 9.79 Å². The Morgan fingerprint density at radius 3 is 2.70 bits per heavy atom. The summed E-state index contributed by atoms with van der Waals surface area (Å²) in [5.74, 6) is 0.210. The molecule has 0 aliphatic heterocycles. The van der Waals surface area contributed by atoms with E-state index in [9.17, 15) is 4.79 Å². The molecule has 1 aromatic carbocycles. The van der Waals surface area contributed by atoms with Crippen LogP contribution in [0.1, 0.15) is 30.4 Å². The summed E-state index contributed by atoms with van der Waals surface area (Å²) in [4.78, 5) is 15.1. The number of nitrogens with zero attached hydrogens (tertiary/aromatic N) is 1. The van der Waals surface area contributed by atoms with E-state index in [1.54, 1.807) is 0 Å². The number of aryl methyl sites for hydroxylation is 2. The molecule has 0 saturated carbocycles. The van der Waals surface area contributed by atoms with Gasteiger partial charge in [0.15, 0.2) is 5.96 Å². The lowest BCUT2D eigenvalue weighted by molar-refractivity contribution is -0.140. The van der Waals surface area contributed by atoms with E-state index in [0.717, 1.165) is 18.5 Å². The molecule has 0 radical (unpaired) electrons. The SMILES string of the molecule is COC(=O)CCCCN=C(N)Nc1ccc(C)c(C)c1. The van der Waals surface area contributed by atoms with E-state index >= 15 is 0 Å². The van der Waals surface area contributed by atoms with Crippen LogP contribution in [0.15, 0.2) is 23.2 Å². The van der Waals surface area contributed by atoms with Crippen LogP contribution in [0.2, 0.25) is 0 Å². The summed E-state index contributed by atoms with van der Waals surface area (Å²) < 4.78 is 4.57. The molecule has 0 aliphatic rings. The number of nitrogens with two attached hydrogens (primary N) is 1. The molecule has 0 amide bonds. The summed E-state index contributed by atoms with van der Waals surface area (Å²) in [7, 11) is 1.39. The molecular weight excluding hydrogens is 254 g/mol. The largest absolute Gasteiger partial charge is 0.469 e. The summed E-state index contributed by atoms with van der Waals surface area (Å²) in [6, 6.07) is 6.05. The fourth-order valence-electron chi connectivity index (χ4n) is 1.69. The highest BCUT2D eigenvalue weighted by molar-refractivity contribution is 5.92. The zero-order valence-electron chi connectivity index (χ0n) is 12.4. The lowest BCUT2D eigenvalue weighted by atomic mass is 10.1. The number of aliphatic imine (C=N–C) groups is 1. The van der Waals surface area contributed by atoms with Crippen molar-refractivity contribution in [3.8, 4) is 0 Å². The Kier molecular flexibility index (Phi) is 6.56. The summed E-state index contributed by atoms with van der Waals surface area (Å²) in [6.07, 6.45) is 1.99. The van der Waals surface area contributed by atoms with E-state index < -0.39 is 0 Å². The van der Waals surface area contributed by atoms with Crippen LogP contribution < -0.4 is 11.1 Å². The molecule has 3 N–H and O–H groups in total. The van der Waals surface area contributed by atoms with Crippen molar-refractivity contribution in [1.82, 2.24) is 0 Å². The molecule has 0 bridgehead atoms. The van der Waals surface area contributed by atoms with Crippen molar-refractivity contribution in [1.29, 1.82) is 0 Å². The van der Waals surface area contributed by atoms with Crippen molar-refractivity contribution in [2.45, 2.75) is 33.1 Å². The third-order valence-corrected chi connectivity index (χ3v) is 3.08. The molecule has 20 heavy (non-hydrogen) atoms. The van der Waals surface area contributed by atoms with Crippen LogP contribution in [0, 0.1) is 13.8 Å². The van der Waals surface area contributed by atoms with Crippen molar-refractivity contribution in [2.75, 3.05) is 19.0 Å². The summed E-state index contributed by atoms with van der Waals surface area (Å²) in [5, 5.41) is 3.06. The molecule has 0 aliphatic carbocycles. The Hall–Kier alpha value is -2.04. The van der Waals surface area contributed by atoms with Crippen LogP contribution in [0.25, 0.3) is 0 Å². The van der Waals surface area contributed by atoms with Gasteiger partial charge in [-0.2, -0.15) is 0 Å². The maximum Gasteiger partial charge on any atom is 0.305 e. The van der Waals surface area contributed by atoms with Gasteiger partial charge in [-0.25, -0.2) is 0 Å². The smallest absolute Gasteiger partial charge is 0.305 e. The van der Waals surface area contributed by atoms with E-state index in [-0.39, 0.29) is 5.97 Å². The maximum atomic E-state index is 10.9. The Morgan fingerprint density at radius 1 is 1.30 bits per heavy atom. The third kappa shape index (κ3) is 5.73. The van der Waals surface area contributed by atoms with Gasteiger partial charge in [0.25, 0.3) is 0 Å². The normalized spacial score (nSPS) is 11.2. The average Bonchev–Trinajstić information content (AvgIpc) is 2.42. The molecule has 5 nitrogen and oxygen atoms in total. The van der Waals surface area contributed by atoms with Crippen molar-refractivity contribution in [3.63, 3.8) is 0 Å². The van der Waals surface area contributed by atoms with Gasteiger partial charge < -0.3 is 15.8 Å². The number of hydrogen-bond donors (Lipinski definition) is 2. The predicted molar refractivity (Wildman–Crippen MR) is 81.9 cm³/mol. The second-order valence-corrected chi connectivity index (χ2v) is 4.72. The lowest BCUT2D eigenvalue weighted by Gasteiger charge is -2.08. The van der Waals surface area contributed by atoms with E-state index in [0.29, 0.717) is 18.9 Å². The highest BCUT2D eigenvalue weighted by Crippen LogP contribution is 2.13. The monoisotopic (exact) mass is 277 g/mol. The minimum atomic E-state index is -0.185. The van der Waals surface area contributed by atoms with Gasteiger partial charge >= 0.3 is 5.97 Å². The molecule has 0 spiro atoms. The number of rotatable bonds is 6. The number of methoxy groups -OCH3 is 1. The van der Waals surface area contributed by atoms with Crippen LogP contribution in [-0.2, 0) is 9.53 Å². The van der Waals surface area contributed by atoms with Crippen molar-refractivity contribution in [2.24, 2.45) is 10.7 Å².